The van der Waals surface area contributed by atoms with E-state index in [1.54, 1.807) is 32.9 Å². The number of aromatic nitrogens is 2. The molecule has 1 fully saturated rings. The number of nitrogens with zero attached hydrogens (tertiary/aromatic N) is 3. The third-order valence-corrected chi connectivity index (χ3v) is 8.36. The molecule has 2 aliphatic rings. The number of sulfonamides is 1. The number of nitrogens with one attached hydrogen (secondary N) is 1. The van der Waals surface area contributed by atoms with E-state index in [-0.39, 0.29) is 24.0 Å². The smallest absolute Gasteiger partial charge is 0.324 e. The lowest BCUT2D eigenvalue weighted by molar-refractivity contribution is -0.159. The van der Waals surface area contributed by atoms with Gasteiger partial charge in [0.05, 0.1) is 27.7 Å². The van der Waals surface area contributed by atoms with Crippen LogP contribution in [0.1, 0.15) is 39.7 Å². The van der Waals surface area contributed by atoms with E-state index >= 15 is 0 Å². The van der Waals surface area contributed by atoms with Crippen molar-refractivity contribution >= 4 is 37.9 Å². The van der Waals surface area contributed by atoms with Gasteiger partial charge in [-0.05, 0) is 61.7 Å². The molecule has 0 aliphatic carbocycles. The Labute approximate surface area is 212 Å². The summed E-state index contributed by atoms with van der Waals surface area (Å²) in [5.74, 6) is -0.371. The zero-order valence-electron chi connectivity index (χ0n) is 19.9. The second-order valence-corrected chi connectivity index (χ2v) is 12.3. The summed E-state index contributed by atoms with van der Waals surface area (Å²) in [4.78, 5) is 21.4. The van der Waals surface area contributed by atoms with Crippen LogP contribution in [0, 0.1) is 0 Å². The number of carbonyl (C=O) groups is 1. The molecule has 3 heterocycles. The van der Waals surface area contributed by atoms with E-state index in [0.29, 0.717) is 34.3 Å². The van der Waals surface area contributed by atoms with Crippen LogP contribution >= 0.6 is 15.9 Å². The van der Waals surface area contributed by atoms with Gasteiger partial charge in [-0.2, -0.15) is 4.31 Å². The highest BCUT2D eigenvalue weighted by atomic mass is 79.9. The van der Waals surface area contributed by atoms with E-state index in [1.165, 1.54) is 19.2 Å². The molecule has 0 saturated carbocycles. The number of benzene rings is 1. The number of anilines is 1. The molecule has 2 unspecified atom stereocenters. The first kappa shape index (κ1) is 25.9. The fraction of sp³-hybridized carbons (Fsp3) is 0.522. The van der Waals surface area contributed by atoms with E-state index in [4.69, 9.17) is 9.47 Å². The topological polar surface area (TPSA) is 111 Å². The second kappa shape index (κ2) is 9.72. The molecule has 1 saturated heterocycles. The molecule has 1 N–H and O–H groups in total. The van der Waals surface area contributed by atoms with Crippen LogP contribution in [0.3, 0.4) is 0 Å². The standard InChI is InChI=1S/C23H28BrFN4O5S/c1-13(21(30)34-23(2,3)4)29-11-15-6-5-14(9-19(15)35(29,31)32)20-16(24)10-26-22(28-20)27-18-7-8-33-12-17(18)25/h5-6,9-10,13,17-18H,7-8,11-12H2,1-4H3,(H,26,27,28)/t13-,17?,18?/m1/s1. The van der Waals surface area contributed by atoms with Gasteiger partial charge in [-0.15, -0.1) is 0 Å². The van der Waals surface area contributed by atoms with Crippen molar-refractivity contribution in [1.29, 1.82) is 0 Å². The Hall–Kier alpha value is -2.15. The lowest BCUT2D eigenvalue weighted by atomic mass is 10.1. The average Bonchev–Trinajstić information content (AvgIpc) is 3.05. The van der Waals surface area contributed by atoms with Gasteiger partial charge < -0.3 is 14.8 Å². The van der Waals surface area contributed by atoms with Gasteiger partial charge >= 0.3 is 5.97 Å². The summed E-state index contributed by atoms with van der Waals surface area (Å²) in [7, 11) is -3.93. The monoisotopic (exact) mass is 570 g/mol. The van der Waals surface area contributed by atoms with Crippen molar-refractivity contribution in [3.8, 4) is 11.3 Å². The number of ether oxygens (including phenoxy) is 2. The molecule has 35 heavy (non-hydrogen) atoms. The first-order chi connectivity index (χ1) is 16.4. The molecule has 3 atom stereocenters. The highest BCUT2D eigenvalue weighted by molar-refractivity contribution is 9.10. The van der Waals surface area contributed by atoms with Crippen LogP contribution in [0.5, 0.6) is 0 Å². The number of alkyl halides is 1. The number of hydrogen-bond donors (Lipinski definition) is 1. The van der Waals surface area contributed by atoms with E-state index in [1.807, 2.05) is 0 Å². The van der Waals surface area contributed by atoms with Crippen LogP contribution in [0.25, 0.3) is 11.3 Å². The summed E-state index contributed by atoms with van der Waals surface area (Å²) < 4.78 is 53.1. The number of rotatable bonds is 5. The van der Waals surface area contributed by atoms with Crippen LogP contribution in [0.15, 0.2) is 33.8 Å². The maximum absolute atomic E-state index is 14.2. The number of halogens is 2. The van der Waals surface area contributed by atoms with Crippen molar-refractivity contribution < 1.29 is 27.1 Å². The number of hydrogen-bond acceptors (Lipinski definition) is 8. The van der Waals surface area contributed by atoms with E-state index in [0.717, 1.165) is 4.31 Å². The molecule has 2 aliphatic heterocycles. The molecule has 1 aromatic heterocycles. The fourth-order valence-electron chi connectivity index (χ4n) is 3.97. The number of fused-ring (bicyclic) bond motifs is 1. The quantitative estimate of drug-likeness (QED) is 0.542. The van der Waals surface area contributed by atoms with Crippen molar-refractivity contribution in [1.82, 2.24) is 14.3 Å². The van der Waals surface area contributed by atoms with Crippen molar-refractivity contribution in [3.05, 3.63) is 34.4 Å². The lowest BCUT2D eigenvalue weighted by Crippen LogP contribution is -2.42. The van der Waals surface area contributed by atoms with Gasteiger partial charge in [0.25, 0.3) is 0 Å². The molecule has 4 rings (SSSR count). The predicted molar refractivity (Wildman–Crippen MR) is 131 cm³/mol. The molecule has 0 spiro atoms. The predicted octanol–water partition coefficient (Wildman–Crippen LogP) is 3.68. The van der Waals surface area contributed by atoms with Crippen molar-refractivity contribution in [3.63, 3.8) is 0 Å². The number of carbonyl (C=O) groups excluding carboxylic acids is 1. The normalized spacial score (nSPS) is 22.9. The van der Waals surface area contributed by atoms with Gasteiger partial charge in [0.15, 0.2) is 0 Å². The molecule has 1 aromatic carbocycles. The minimum Gasteiger partial charge on any atom is -0.459 e. The highest BCUT2D eigenvalue weighted by Gasteiger charge is 2.41. The van der Waals surface area contributed by atoms with Crippen LogP contribution in [-0.4, -0.2) is 65.7 Å². The summed E-state index contributed by atoms with van der Waals surface area (Å²) in [6, 6.07) is 3.56. The molecular weight excluding hydrogens is 543 g/mol. The summed E-state index contributed by atoms with van der Waals surface area (Å²) in [6.45, 7) is 7.24. The SMILES string of the molecule is C[C@H](C(=O)OC(C)(C)C)N1Cc2ccc(-c3nc(NC4CCOCC4F)ncc3Br)cc2S1(=O)=O. The van der Waals surface area contributed by atoms with Crippen LogP contribution in [-0.2, 0) is 30.8 Å². The molecule has 12 heteroatoms. The Kier molecular flexibility index (Phi) is 7.20. The van der Waals surface area contributed by atoms with Crippen molar-refractivity contribution in [2.45, 2.75) is 69.4 Å². The summed E-state index contributed by atoms with van der Waals surface area (Å²) in [6.07, 6.45) is 0.844. The first-order valence-corrected chi connectivity index (χ1v) is 13.5. The number of esters is 1. The van der Waals surface area contributed by atoms with Gasteiger partial charge in [0, 0.05) is 24.9 Å². The van der Waals surface area contributed by atoms with Crippen LogP contribution < -0.4 is 5.32 Å². The zero-order valence-corrected chi connectivity index (χ0v) is 22.3. The van der Waals surface area contributed by atoms with Crippen LogP contribution in [0.4, 0.5) is 10.3 Å². The van der Waals surface area contributed by atoms with Gasteiger partial charge in [-0.3, -0.25) is 4.79 Å². The molecule has 2 aromatic rings. The molecule has 0 amide bonds. The van der Waals surface area contributed by atoms with E-state index in [9.17, 15) is 17.6 Å². The van der Waals surface area contributed by atoms with Crippen molar-refractivity contribution in [2.24, 2.45) is 0 Å². The summed E-state index contributed by atoms with van der Waals surface area (Å²) in [5, 5.41) is 3.01. The van der Waals surface area contributed by atoms with E-state index < -0.39 is 39.8 Å². The van der Waals surface area contributed by atoms with E-state index in [2.05, 4.69) is 31.2 Å². The van der Waals surface area contributed by atoms with Gasteiger partial charge in [0.2, 0.25) is 16.0 Å². The Morgan fingerprint density at radius 3 is 2.80 bits per heavy atom. The minimum atomic E-state index is -3.93. The highest BCUT2D eigenvalue weighted by Crippen LogP contribution is 2.37. The summed E-state index contributed by atoms with van der Waals surface area (Å²) >= 11 is 3.43. The Bertz CT molecular complexity index is 1240. The molecule has 190 valence electrons. The van der Waals surface area contributed by atoms with Gasteiger partial charge in [0.1, 0.15) is 17.8 Å². The summed E-state index contributed by atoms with van der Waals surface area (Å²) in [5.41, 5.74) is 0.851. The molecule has 0 bridgehead atoms. The Balaban J connectivity index is 1.61. The van der Waals surface area contributed by atoms with Crippen molar-refractivity contribution in [2.75, 3.05) is 18.5 Å². The third-order valence-electron chi connectivity index (χ3n) is 5.78. The second-order valence-electron chi connectivity index (χ2n) is 9.60. The Morgan fingerprint density at radius 1 is 1.37 bits per heavy atom. The first-order valence-electron chi connectivity index (χ1n) is 11.3. The molecule has 0 radical (unpaired) electrons. The average molecular weight is 571 g/mol. The van der Waals surface area contributed by atoms with Gasteiger partial charge in [-0.25, -0.2) is 22.8 Å². The maximum Gasteiger partial charge on any atom is 0.324 e. The van der Waals surface area contributed by atoms with Gasteiger partial charge in [-0.1, -0.05) is 12.1 Å². The molecular formula is C23H28BrFN4O5S. The Morgan fingerprint density at radius 2 is 2.11 bits per heavy atom. The minimum absolute atomic E-state index is 0.0158. The van der Waals surface area contributed by atoms with Crippen LogP contribution in [0.2, 0.25) is 0 Å². The maximum atomic E-state index is 14.2. The third kappa shape index (κ3) is 5.50. The largest absolute Gasteiger partial charge is 0.459 e. The lowest BCUT2D eigenvalue weighted by Gasteiger charge is -2.26. The fourth-order valence-corrected chi connectivity index (χ4v) is 6.20. The molecule has 9 nitrogen and oxygen atoms in total. The zero-order chi connectivity index (χ0) is 25.5.